The van der Waals surface area contributed by atoms with Crippen LogP contribution in [0.3, 0.4) is 0 Å². The fourth-order valence-electron chi connectivity index (χ4n) is 5.78. The lowest BCUT2D eigenvalue weighted by Gasteiger charge is -2.11. The van der Waals surface area contributed by atoms with Crippen molar-refractivity contribution in [3.8, 4) is 0 Å². The van der Waals surface area contributed by atoms with E-state index in [1.807, 2.05) is 42.5 Å². The summed E-state index contributed by atoms with van der Waals surface area (Å²) in [5.41, 5.74) is 1.13. The third-order valence-electron chi connectivity index (χ3n) is 7.45. The molecule has 0 aliphatic carbocycles. The number of carbonyl (C=O) groups excluding carboxylic acids is 1. The summed E-state index contributed by atoms with van der Waals surface area (Å²) < 4.78 is 0. The van der Waals surface area contributed by atoms with Crippen LogP contribution in [0.4, 0.5) is 0 Å². The van der Waals surface area contributed by atoms with Crippen molar-refractivity contribution < 1.29 is 14.7 Å². The number of aldehydes is 1. The number of rotatable bonds is 2. The first-order valence-electron chi connectivity index (χ1n) is 12.2. The highest BCUT2D eigenvalue weighted by Crippen LogP contribution is 2.36. The van der Waals surface area contributed by atoms with Gasteiger partial charge in [-0.1, -0.05) is 103 Å². The molecular formula is C34H20O3. The molecule has 37 heavy (non-hydrogen) atoms. The number of carboxylic acids is 1. The molecule has 0 aliphatic heterocycles. The smallest absolute Gasteiger partial charge is 0.336 e. The number of hydrogen-bond donors (Lipinski definition) is 1. The molecule has 174 valence electrons. The average molecular weight is 477 g/mol. The predicted octanol–water partition coefficient (Wildman–Crippen LogP) is 8.68. The highest BCUT2D eigenvalue weighted by atomic mass is 16.4. The Kier molecular flexibility index (Phi) is 4.60. The van der Waals surface area contributed by atoms with Gasteiger partial charge in [-0.15, -0.1) is 0 Å². The monoisotopic (exact) mass is 476 g/mol. The second kappa shape index (κ2) is 8.00. The fourth-order valence-corrected chi connectivity index (χ4v) is 5.78. The van der Waals surface area contributed by atoms with Gasteiger partial charge in [0, 0.05) is 5.56 Å². The maximum atomic E-state index is 11.3. The van der Waals surface area contributed by atoms with Gasteiger partial charge in [-0.05, 0) is 70.7 Å². The van der Waals surface area contributed by atoms with Gasteiger partial charge in [0.1, 0.15) is 0 Å². The Morgan fingerprint density at radius 2 is 0.892 bits per heavy atom. The van der Waals surface area contributed by atoms with E-state index in [0.29, 0.717) is 5.56 Å². The van der Waals surface area contributed by atoms with E-state index in [-0.39, 0.29) is 0 Å². The Labute approximate surface area is 211 Å². The zero-order chi connectivity index (χ0) is 25.1. The SMILES string of the molecule is O=C(O)c1ccc2ccc3cccc4ccc1c2c34.O=Cc1ccc2ccc3cccc4ccc1c2c34. The van der Waals surface area contributed by atoms with Crippen molar-refractivity contribution in [2.45, 2.75) is 0 Å². The summed E-state index contributed by atoms with van der Waals surface area (Å²) in [5, 5.41) is 22.9. The summed E-state index contributed by atoms with van der Waals surface area (Å²) >= 11 is 0. The van der Waals surface area contributed by atoms with Crippen molar-refractivity contribution in [1.82, 2.24) is 0 Å². The summed E-state index contributed by atoms with van der Waals surface area (Å²) in [4.78, 5) is 22.5. The first-order valence-corrected chi connectivity index (χ1v) is 12.2. The first-order chi connectivity index (χ1) is 18.1. The molecule has 0 bridgehead atoms. The molecule has 0 aliphatic rings. The molecule has 0 amide bonds. The van der Waals surface area contributed by atoms with Crippen LogP contribution in [0.25, 0.3) is 64.6 Å². The van der Waals surface area contributed by atoms with Crippen LogP contribution in [0.2, 0.25) is 0 Å². The maximum absolute atomic E-state index is 11.3. The third kappa shape index (κ3) is 3.14. The Bertz CT molecular complexity index is 2110. The van der Waals surface area contributed by atoms with Crippen LogP contribution in [0, 0.1) is 0 Å². The summed E-state index contributed by atoms with van der Waals surface area (Å²) in [5.74, 6) is -0.877. The second-order valence-corrected chi connectivity index (χ2v) is 9.40. The van der Waals surface area contributed by atoms with Gasteiger partial charge in [-0.25, -0.2) is 4.79 Å². The molecule has 0 heterocycles. The number of aromatic carboxylic acids is 1. The fraction of sp³-hybridized carbons (Fsp3) is 0. The zero-order valence-corrected chi connectivity index (χ0v) is 19.7. The number of carboxylic acid groups (broad SMARTS) is 1. The Hall–Kier alpha value is -5.02. The van der Waals surface area contributed by atoms with Crippen LogP contribution in [-0.2, 0) is 0 Å². The van der Waals surface area contributed by atoms with Crippen LogP contribution in [-0.4, -0.2) is 17.4 Å². The molecule has 0 spiro atoms. The third-order valence-corrected chi connectivity index (χ3v) is 7.45. The Morgan fingerprint density at radius 3 is 1.41 bits per heavy atom. The van der Waals surface area contributed by atoms with Crippen molar-refractivity contribution in [2.24, 2.45) is 0 Å². The molecule has 3 nitrogen and oxygen atoms in total. The molecule has 0 aromatic heterocycles. The lowest BCUT2D eigenvalue weighted by atomic mass is 9.92. The lowest BCUT2D eigenvalue weighted by molar-refractivity contribution is 0.0699. The molecule has 3 heteroatoms. The summed E-state index contributed by atoms with van der Waals surface area (Å²) in [6.45, 7) is 0. The Balaban J connectivity index is 0.000000125. The summed E-state index contributed by atoms with van der Waals surface area (Å²) in [6, 6.07) is 36.4. The van der Waals surface area contributed by atoms with Crippen molar-refractivity contribution in [3.05, 3.63) is 120 Å². The minimum absolute atomic E-state index is 0.366. The van der Waals surface area contributed by atoms with Crippen molar-refractivity contribution in [2.75, 3.05) is 0 Å². The van der Waals surface area contributed by atoms with E-state index in [2.05, 4.69) is 60.7 Å². The van der Waals surface area contributed by atoms with Crippen LogP contribution in [0.5, 0.6) is 0 Å². The molecule has 0 radical (unpaired) electrons. The predicted molar refractivity (Wildman–Crippen MR) is 153 cm³/mol. The largest absolute Gasteiger partial charge is 0.478 e. The van der Waals surface area contributed by atoms with Gasteiger partial charge in [-0.2, -0.15) is 0 Å². The average Bonchev–Trinajstić information content (AvgIpc) is 2.94. The lowest BCUT2D eigenvalue weighted by Crippen LogP contribution is -1.98. The second-order valence-electron chi connectivity index (χ2n) is 9.40. The van der Waals surface area contributed by atoms with Gasteiger partial charge in [0.05, 0.1) is 5.56 Å². The van der Waals surface area contributed by atoms with Crippen molar-refractivity contribution in [1.29, 1.82) is 0 Å². The molecule has 8 rings (SSSR count). The molecule has 0 fully saturated rings. The molecule has 8 aromatic rings. The van der Waals surface area contributed by atoms with Crippen LogP contribution in [0.1, 0.15) is 20.7 Å². The van der Waals surface area contributed by atoms with E-state index in [4.69, 9.17) is 0 Å². The highest BCUT2D eigenvalue weighted by Gasteiger charge is 2.14. The Morgan fingerprint density at radius 1 is 0.486 bits per heavy atom. The zero-order valence-electron chi connectivity index (χ0n) is 19.7. The maximum Gasteiger partial charge on any atom is 0.336 e. The summed E-state index contributed by atoms with van der Waals surface area (Å²) in [7, 11) is 0. The quantitative estimate of drug-likeness (QED) is 0.201. The normalized spacial score (nSPS) is 11.6. The minimum atomic E-state index is -0.877. The van der Waals surface area contributed by atoms with Gasteiger partial charge in [0.25, 0.3) is 0 Å². The van der Waals surface area contributed by atoms with Crippen molar-refractivity contribution in [3.63, 3.8) is 0 Å². The minimum Gasteiger partial charge on any atom is -0.478 e. The van der Waals surface area contributed by atoms with Crippen LogP contribution < -0.4 is 0 Å². The molecule has 0 atom stereocenters. The topological polar surface area (TPSA) is 54.4 Å². The summed E-state index contributed by atoms with van der Waals surface area (Å²) in [6.07, 6.45) is 0.936. The van der Waals surface area contributed by atoms with Crippen LogP contribution >= 0.6 is 0 Å². The van der Waals surface area contributed by atoms with E-state index in [0.717, 1.165) is 49.6 Å². The van der Waals surface area contributed by atoms with E-state index >= 15 is 0 Å². The van der Waals surface area contributed by atoms with E-state index < -0.39 is 5.97 Å². The molecule has 8 aromatic carbocycles. The van der Waals surface area contributed by atoms with Gasteiger partial charge in [-0.3, -0.25) is 4.79 Å². The molecular weight excluding hydrogens is 456 g/mol. The van der Waals surface area contributed by atoms with Gasteiger partial charge >= 0.3 is 5.97 Å². The van der Waals surface area contributed by atoms with E-state index in [9.17, 15) is 14.7 Å². The van der Waals surface area contributed by atoms with E-state index in [1.165, 1.54) is 26.9 Å². The number of benzene rings is 8. The molecule has 1 N–H and O–H groups in total. The van der Waals surface area contributed by atoms with Gasteiger partial charge < -0.3 is 5.11 Å². The van der Waals surface area contributed by atoms with Crippen molar-refractivity contribution >= 4 is 76.9 Å². The first kappa shape index (κ1) is 21.3. The van der Waals surface area contributed by atoms with E-state index in [1.54, 1.807) is 6.07 Å². The molecule has 0 unspecified atom stereocenters. The number of hydrogen-bond acceptors (Lipinski definition) is 2. The standard InChI is InChI=1S/C17H10O2.C17H10O/c18-17(19)14-9-7-12-5-4-10-2-1-3-11-6-8-13(14)16(12)15(10)11;18-10-14-7-6-13-5-4-11-2-1-3-12-8-9-15(14)17(13)16(11)12/h1-9H,(H,18,19);1-10H. The van der Waals surface area contributed by atoms with Gasteiger partial charge in [0.15, 0.2) is 6.29 Å². The van der Waals surface area contributed by atoms with Gasteiger partial charge in [0.2, 0.25) is 0 Å². The highest BCUT2D eigenvalue weighted by molar-refractivity contribution is 6.26. The number of carbonyl (C=O) groups is 2. The molecule has 0 saturated heterocycles. The molecule has 0 saturated carbocycles. The van der Waals surface area contributed by atoms with Crippen LogP contribution in [0.15, 0.2) is 109 Å².